The summed E-state index contributed by atoms with van der Waals surface area (Å²) in [6, 6.07) is 11.9. The molecule has 3 heteroatoms. The molecule has 3 rings (SSSR count). The summed E-state index contributed by atoms with van der Waals surface area (Å²) in [6.07, 6.45) is 7.60. The lowest BCUT2D eigenvalue weighted by Crippen LogP contribution is -2.19. The molecule has 1 heterocycles. The summed E-state index contributed by atoms with van der Waals surface area (Å²) in [7, 11) is 0. The molecule has 132 valence electrons. The van der Waals surface area contributed by atoms with Crippen LogP contribution in [0.3, 0.4) is 0 Å². The van der Waals surface area contributed by atoms with Gasteiger partial charge in [-0.15, -0.1) is 0 Å². The van der Waals surface area contributed by atoms with Gasteiger partial charge in [-0.1, -0.05) is 25.5 Å². The van der Waals surface area contributed by atoms with Crippen LogP contribution in [-0.4, -0.2) is 19.3 Å². The summed E-state index contributed by atoms with van der Waals surface area (Å²) in [6.45, 7) is 6.13. The molecule has 0 radical (unpaired) electrons. The number of benzene rings is 2. The second kappa shape index (κ2) is 8.28. The van der Waals surface area contributed by atoms with Gasteiger partial charge in [0.1, 0.15) is 5.82 Å². The fourth-order valence-corrected chi connectivity index (χ4v) is 3.29. The van der Waals surface area contributed by atoms with Crippen LogP contribution < -0.4 is 4.90 Å². The highest BCUT2D eigenvalue weighted by Crippen LogP contribution is 2.26. The van der Waals surface area contributed by atoms with Crippen molar-refractivity contribution in [1.29, 1.82) is 0 Å². The molecule has 0 aliphatic carbocycles. The number of aliphatic imine (C=N–C) groups is 1. The van der Waals surface area contributed by atoms with Gasteiger partial charge < -0.3 is 4.90 Å². The summed E-state index contributed by atoms with van der Waals surface area (Å²) in [5.41, 5.74) is 4.89. The Morgan fingerprint density at radius 1 is 1.12 bits per heavy atom. The van der Waals surface area contributed by atoms with Gasteiger partial charge in [0.2, 0.25) is 0 Å². The summed E-state index contributed by atoms with van der Waals surface area (Å²) >= 11 is 0. The van der Waals surface area contributed by atoms with Crippen LogP contribution in [0, 0.1) is 12.7 Å². The lowest BCUT2D eigenvalue weighted by Gasteiger charge is -2.19. The molecular weight excluding hydrogens is 311 g/mol. The minimum atomic E-state index is -0.149. The fourth-order valence-electron chi connectivity index (χ4n) is 3.29. The number of halogens is 1. The van der Waals surface area contributed by atoms with Gasteiger partial charge in [0.15, 0.2) is 0 Å². The zero-order valence-electron chi connectivity index (χ0n) is 15.3. The summed E-state index contributed by atoms with van der Waals surface area (Å²) < 4.78 is 14.5. The second-order valence-electron chi connectivity index (χ2n) is 6.88. The minimum absolute atomic E-state index is 0.149. The van der Waals surface area contributed by atoms with E-state index < -0.39 is 0 Å². The molecule has 2 aromatic rings. The molecule has 0 bridgehead atoms. The third kappa shape index (κ3) is 4.47. The molecule has 1 fully saturated rings. The fraction of sp³-hybridized carbons (Fsp3) is 0.409. The van der Waals surface area contributed by atoms with Crippen molar-refractivity contribution in [3.05, 3.63) is 58.9 Å². The molecule has 1 aliphatic heterocycles. The molecule has 0 N–H and O–H groups in total. The van der Waals surface area contributed by atoms with Crippen molar-refractivity contribution in [1.82, 2.24) is 0 Å². The van der Waals surface area contributed by atoms with E-state index in [1.54, 1.807) is 12.3 Å². The van der Waals surface area contributed by atoms with Gasteiger partial charge in [-0.05, 0) is 73.6 Å². The Kier molecular flexibility index (Phi) is 5.85. The van der Waals surface area contributed by atoms with E-state index in [4.69, 9.17) is 0 Å². The van der Waals surface area contributed by atoms with Crippen LogP contribution in [0.4, 0.5) is 15.8 Å². The van der Waals surface area contributed by atoms with Crippen molar-refractivity contribution < 1.29 is 4.39 Å². The third-order valence-corrected chi connectivity index (χ3v) is 4.89. The lowest BCUT2D eigenvalue weighted by atomic mass is 10.1. The average molecular weight is 338 g/mol. The molecule has 2 nitrogen and oxygen atoms in total. The van der Waals surface area contributed by atoms with Crippen LogP contribution in [0.25, 0.3) is 0 Å². The van der Waals surface area contributed by atoms with E-state index in [-0.39, 0.29) is 5.82 Å². The largest absolute Gasteiger partial charge is 0.369 e. The Labute approximate surface area is 150 Å². The SMILES string of the molecule is CCCCc1ccc(N=Cc2cc(F)c(N3CCCC3)cc2C)cc1. The van der Waals surface area contributed by atoms with Crippen LogP contribution >= 0.6 is 0 Å². The van der Waals surface area contributed by atoms with E-state index >= 15 is 0 Å². The molecule has 0 amide bonds. The topological polar surface area (TPSA) is 15.6 Å². The Morgan fingerprint density at radius 2 is 1.84 bits per heavy atom. The summed E-state index contributed by atoms with van der Waals surface area (Å²) in [5, 5.41) is 0. The van der Waals surface area contributed by atoms with Crippen LogP contribution in [0.15, 0.2) is 41.4 Å². The number of anilines is 1. The highest BCUT2D eigenvalue weighted by atomic mass is 19.1. The van der Waals surface area contributed by atoms with Crippen molar-refractivity contribution >= 4 is 17.6 Å². The van der Waals surface area contributed by atoms with Crippen LogP contribution in [0.1, 0.15) is 49.3 Å². The highest BCUT2D eigenvalue weighted by Gasteiger charge is 2.17. The van der Waals surface area contributed by atoms with Gasteiger partial charge in [0.25, 0.3) is 0 Å². The monoisotopic (exact) mass is 338 g/mol. The maximum atomic E-state index is 14.5. The maximum absolute atomic E-state index is 14.5. The van der Waals surface area contributed by atoms with Crippen LogP contribution in [0.2, 0.25) is 0 Å². The molecule has 0 aromatic heterocycles. The molecule has 0 saturated carbocycles. The normalized spacial score (nSPS) is 14.6. The standard InChI is InChI=1S/C22H27FN2/c1-3-4-7-18-8-10-20(11-9-18)24-16-19-15-21(23)22(14-17(19)2)25-12-5-6-13-25/h8-11,14-16H,3-7,12-13H2,1-2H3. The number of rotatable bonds is 6. The van der Waals surface area contributed by atoms with Crippen LogP contribution in [-0.2, 0) is 6.42 Å². The number of hydrogen-bond acceptors (Lipinski definition) is 2. The van der Waals surface area contributed by atoms with Crippen molar-refractivity contribution in [3.63, 3.8) is 0 Å². The van der Waals surface area contributed by atoms with Gasteiger partial charge in [-0.2, -0.15) is 0 Å². The predicted molar refractivity (Wildman–Crippen MR) is 105 cm³/mol. The molecular formula is C22H27FN2. The van der Waals surface area contributed by atoms with E-state index in [1.165, 1.54) is 18.4 Å². The number of hydrogen-bond donors (Lipinski definition) is 0. The van der Waals surface area contributed by atoms with Crippen molar-refractivity contribution in [2.24, 2.45) is 4.99 Å². The van der Waals surface area contributed by atoms with Crippen molar-refractivity contribution in [2.45, 2.75) is 46.0 Å². The number of unbranched alkanes of at least 4 members (excludes halogenated alkanes) is 1. The third-order valence-electron chi connectivity index (χ3n) is 4.89. The first kappa shape index (κ1) is 17.7. The van der Waals surface area contributed by atoms with Crippen LogP contribution in [0.5, 0.6) is 0 Å². The first-order chi connectivity index (χ1) is 12.2. The number of aryl methyl sites for hydroxylation is 2. The molecule has 2 aromatic carbocycles. The predicted octanol–water partition coefficient (Wildman–Crippen LogP) is 5.83. The molecule has 1 saturated heterocycles. The number of nitrogens with zero attached hydrogens (tertiary/aromatic N) is 2. The first-order valence-electron chi connectivity index (χ1n) is 9.35. The highest BCUT2D eigenvalue weighted by molar-refractivity contribution is 5.84. The maximum Gasteiger partial charge on any atom is 0.147 e. The van der Waals surface area contributed by atoms with Gasteiger partial charge in [-0.25, -0.2) is 4.39 Å². The molecule has 0 spiro atoms. The van der Waals surface area contributed by atoms with E-state index in [9.17, 15) is 4.39 Å². The van der Waals surface area contributed by atoms with Gasteiger partial charge >= 0.3 is 0 Å². The van der Waals surface area contributed by atoms with E-state index in [2.05, 4.69) is 28.9 Å². The minimum Gasteiger partial charge on any atom is -0.369 e. The average Bonchev–Trinajstić information content (AvgIpc) is 3.15. The van der Waals surface area contributed by atoms with Gasteiger partial charge in [0, 0.05) is 19.3 Å². The van der Waals surface area contributed by atoms with Gasteiger partial charge in [0.05, 0.1) is 11.4 Å². The molecule has 25 heavy (non-hydrogen) atoms. The Bertz CT molecular complexity index is 728. The smallest absolute Gasteiger partial charge is 0.147 e. The van der Waals surface area contributed by atoms with E-state index in [0.29, 0.717) is 0 Å². The van der Waals surface area contributed by atoms with Gasteiger partial charge in [-0.3, -0.25) is 4.99 Å². The Morgan fingerprint density at radius 3 is 2.52 bits per heavy atom. The molecule has 0 atom stereocenters. The molecule has 1 aliphatic rings. The zero-order valence-corrected chi connectivity index (χ0v) is 15.3. The lowest BCUT2D eigenvalue weighted by molar-refractivity contribution is 0.622. The second-order valence-corrected chi connectivity index (χ2v) is 6.88. The van der Waals surface area contributed by atoms with Crippen molar-refractivity contribution in [2.75, 3.05) is 18.0 Å². The van der Waals surface area contributed by atoms with E-state index in [0.717, 1.165) is 54.9 Å². The summed E-state index contributed by atoms with van der Waals surface area (Å²) in [4.78, 5) is 6.66. The zero-order chi connectivity index (χ0) is 17.6. The Hall–Kier alpha value is -2.16. The van der Waals surface area contributed by atoms with E-state index in [1.807, 2.05) is 25.1 Å². The van der Waals surface area contributed by atoms with Crippen molar-refractivity contribution in [3.8, 4) is 0 Å². The molecule has 0 unspecified atom stereocenters. The first-order valence-corrected chi connectivity index (χ1v) is 9.35. The quantitative estimate of drug-likeness (QED) is 0.605. The summed E-state index contributed by atoms with van der Waals surface area (Å²) in [5.74, 6) is -0.149. The Balaban J connectivity index is 1.73.